The maximum atomic E-state index is 11.9. The Morgan fingerprint density at radius 2 is 1.91 bits per heavy atom. The first-order chi connectivity index (χ1) is 11.1. The van der Waals surface area contributed by atoms with Crippen LogP contribution in [0.4, 0.5) is 11.5 Å². The zero-order valence-corrected chi connectivity index (χ0v) is 13.5. The van der Waals surface area contributed by atoms with Gasteiger partial charge >= 0.3 is 0 Å². The average molecular weight is 315 g/mol. The fourth-order valence-corrected chi connectivity index (χ4v) is 1.95. The van der Waals surface area contributed by atoms with Crippen LogP contribution in [0.3, 0.4) is 0 Å². The van der Waals surface area contributed by atoms with Crippen LogP contribution in [0.1, 0.15) is 13.8 Å². The highest BCUT2D eigenvalue weighted by Gasteiger charge is 2.08. The molecule has 0 aliphatic carbocycles. The number of anilines is 2. The molecule has 1 heterocycles. The Hall–Kier alpha value is -2.76. The van der Waals surface area contributed by atoms with Crippen LogP contribution < -0.4 is 20.1 Å². The molecule has 122 valence electrons. The molecule has 6 nitrogen and oxygen atoms in total. The van der Waals surface area contributed by atoms with Crippen LogP contribution in [0.25, 0.3) is 0 Å². The summed E-state index contributed by atoms with van der Waals surface area (Å²) in [5, 5.41) is 5.92. The predicted octanol–water partition coefficient (Wildman–Crippen LogP) is 2.93. The molecule has 0 aliphatic rings. The first-order valence-corrected chi connectivity index (χ1v) is 7.36. The number of rotatable bonds is 7. The minimum atomic E-state index is -0.284. The normalized spacial score (nSPS) is 10.3. The summed E-state index contributed by atoms with van der Waals surface area (Å²) in [6.07, 6.45) is 1.68. The molecule has 0 radical (unpaired) electrons. The number of pyridine rings is 1. The highest BCUT2D eigenvalue weighted by atomic mass is 16.5. The first-order valence-electron chi connectivity index (χ1n) is 7.36. The number of para-hydroxylation sites is 2. The number of nitrogens with one attached hydrogen (secondary N) is 2. The molecule has 23 heavy (non-hydrogen) atoms. The van der Waals surface area contributed by atoms with Crippen LogP contribution in [0.15, 0.2) is 42.6 Å². The molecule has 1 amide bonds. The smallest absolute Gasteiger partial charge is 0.263 e. The second-order valence-corrected chi connectivity index (χ2v) is 5.22. The van der Waals surface area contributed by atoms with Crippen molar-refractivity contribution in [2.24, 2.45) is 0 Å². The molecule has 0 unspecified atom stereocenters. The van der Waals surface area contributed by atoms with Crippen molar-refractivity contribution in [1.29, 1.82) is 0 Å². The van der Waals surface area contributed by atoms with Crippen molar-refractivity contribution in [2.45, 2.75) is 19.9 Å². The molecule has 6 heteroatoms. The number of hydrogen-bond donors (Lipinski definition) is 2. The highest BCUT2D eigenvalue weighted by molar-refractivity contribution is 5.91. The van der Waals surface area contributed by atoms with Crippen LogP contribution >= 0.6 is 0 Å². The van der Waals surface area contributed by atoms with Gasteiger partial charge in [0.1, 0.15) is 5.82 Å². The van der Waals surface area contributed by atoms with Gasteiger partial charge in [-0.15, -0.1) is 0 Å². The van der Waals surface area contributed by atoms with Gasteiger partial charge in [0.05, 0.1) is 19.0 Å². The minimum Gasteiger partial charge on any atom is -0.493 e. The van der Waals surface area contributed by atoms with E-state index in [4.69, 9.17) is 9.47 Å². The summed E-state index contributed by atoms with van der Waals surface area (Å²) in [6.45, 7) is 3.98. The number of hydrogen-bond acceptors (Lipinski definition) is 5. The molecular weight excluding hydrogens is 294 g/mol. The molecule has 0 spiro atoms. The van der Waals surface area contributed by atoms with Gasteiger partial charge in [-0.1, -0.05) is 12.1 Å². The Balaban J connectivity index is 1.87. The maximum Gasteiger partial charge on any atom is 0.263 e. The number of aromatic nitrogens is 1. The first kappa shape index (κ1) is 16.6. The third-order valence-electron chi connectivity index (χ3n) is 2.91. The summed E-state index contributed by atoms with van der Waals surface area (Å²) in [5.41, 5.74) is 0.906. The molecule has 2 aromatic rings. The molecule has 0 fully saturated rings. The van der Waals surface area contributed by atoms with E-state index in [0.717, 1.165) is 5.69 Å². The molecule has 0 saturated carbocycles. The molecule has 0 aliphatic heterocycles. The van der Waals surface area contributed by atoms with E-state index in [-0.39, 0.29) is 12.5 Å². The standard InChI is InChI=1S/C17H21N3O3/c1-12(2)19-13-8-9-16(18-10-13)20-17(21)11-23-15-7-5-4-6-14(15)22-3/h4-10,12,19H,11H2,1-3H3,(H,18,20,21). The van der Waals surface area contributed by atoms with Gasteiger partial charge in [0.25, 0.3) is 5.91 Å². The van der Waals surface area contributed by atoms with E-state index in [1.165, 1.54) is 0 Å². The molecule has 0 saturated heterocycles. The molecule has 0 bridgehead atoms. The lowest BCUT2D eigenvalue weighted by molar-refractivity contribution is -0.118. The Morgan fingerprint density at radius 3 is 2.52 bits per heavy atom. The van der Waals surface area contributed by atoms with E-state index < -0.39 is 0 Å². The summed E-state index contributed by atoms with van der Waals surface area (Å²) >= 11 is 0. The van der Waals surface area contributed by atoms with Crippen molar-refractivity contribution >= 4 is 17.4 Å². The zero-order chi connectivity index (χ0) is 16.7. The Kier molecular flexibility index (Phi) is 5.80. The van der Waals surface area contributed by atoms with Crippen LogP contribution in [0, 0.1) is 0 Å². The Morgan fingerprint density at radius 1 is 1.17 bits per heavy atom. The second-order valence-electron chi connectivity index (χ2n) is 5.22. The number of ether oxygens (including phenoxy) is 2. The van der Waals surface area contributed by atoms with Crippen molar-refractivity contribution in [3.63, 3.8) is 0 Å². The number of benzene rings is 1. The third kappa shape index (κ3) is 5.18. The molecule has 2 N–H and O–H groups in total. The fourth-order valence-electron chi connectivity index (χ4n) is 1.95. The van der Waals surface area contributed by atoms with Gasteiger partial charge in [0.2, 0.25) is 0 Å². The number of nitrogens with zero attached hydrogens (tertiary/aromatic N) is 1. The molecule has 0 atom stereocenters. The largest absolute Gasteiger partial charge is 0.493 e. The summed E-state index contributed by atoms with van der Waals surface area (Å²) in [4.78, 5) is 16.1. The van der Waals surface area contributed by atoms with Crippen molar-refractivity contribution in [2.75, 3.05) is 24.4 Å². The highest BCUT2D eigenvalue weighted by Crippen LogP contribution is 2.25. The zero-order valence-electron chi connectivity index (χ0n) is 13.5. The quantitative estimate of drug-likeness (QED) is 0.822. The number of carbonyl (C=O) groups is 1. The van der Waals surface area contributed by atoms with E-state index in [1.807, 2.05) is 32.0 Å². The van der Waals surface area contributed by atoms with Gasteiger partial charge in [-0.2, -0.15) is 0 Å². The second kappa shape index (κ2) is 8.03. The number of methoxy groups -OCH3 is 1. The fraction of sp³-hybridized carbons (Fsp3) is 0.294. The molecule has 2 rings (SSSR count). The lowest BCUT2D eigenvalue weighted by Crippen LogP contribution is -2.21. The van der Waals surface area contributed by atoms with Crippen molar-refractivity contribution in [3.05, 3.63) is 42.6 Å². The van der Waals surface area contributed by atoms with Crippen molar-refractivity contribution in [3.8, 4) is 11.5 Å². The summed E-state index contributed by atoms with van der Waals surface area (Å²) < 4.78 is 10.6. The van der Waals surface area contributed by atoms with Crippen molar-refractivity contribution in [1.82, 2.24) is 4.98 Å². The van der Waals surface area contributed by atoms with E-state index in [0.29, 0.717) is 23.4 Å². The predicted molar refractivity (Wildman–Crippen MR) is 90.1 cm³/mol. The van der Waals surface area contributed by atoms with Gasteiger partial charge in [-0.05, 0) is 38.1 Å². The maximum absolute atomic E-state index is 11.9. The van der Waals surface area contributed by atoms with Gasteiger partial charge < -0.3 is 20.1 Å². The van der Waals surface area contributed by atoms with Crippen LogP contribution in [0.5, 0.6) is 11.5 Å². The monoisotopic (exact) mass is 315 g/mol. The molecule has 1 aromatic carbocycles. The molecular formula is C17H21N3O3. The van der Waals surface area contributed by atoms with Gasteiger partial charge in [-0.3, -0.25) is 4.79 Å². The molecule has 1 aromatic heterocycles. The van der Waals surface area contributed by atoms with E-state index in [2.05, 4.69) is 15.6 Å². The summed E-state index contributed by atoms with van der Waals surface area (Å²) in [5.74, 6) is 1.30. The van der Waals surface area contributed by atoms with Crippen molar-refractivity contribution < 1.29 is 14.3 Å². The topological polar surface area (TPSA) is 72.5 Å². The summed E-state index contributed by atoms with van der Waals surface area (Å²) in [6, 6.07) is 11.1. The average Bonchev–Trinajstić information content (AvgIpc) is 2.54. The summed E-state index contributed by atoms with van der Waals surface area (Å²) in [7, 11) is 1.55. The van der Waals surface area contributed by atoms with Crippen LogP contribution in [-0.4, -0.2) is 30.6 Å². The third-order valence-corrected chi connectivity index (χ3v) is 2.91. The Bertz CT molecular complexity index is 642. The minimum absolute atomic E-state index is 0.117. The number of amides is 1. The lowest BCUT2D eigenvalue weighted by Gasteiger charge is -2.11. The van der Waals surface area contributed by atoms with E-state index in [1.54, 1.807) is 31.5 Å². The van der Waals surface area contributed by atoms with Crippen LogP contribution in [0.2, 0.25) is 0 Å². The van der Waals surface area contributed by atoms with Crippen LogP contribution in [-0.2, 0) is 4.79 Å². The number of carbonyl (C=O) groups excluding carboxylic acids is 1. The SMILES string of the molecule is COc1ccccc1OCC(=O)Nc1ccc(NC(C)C)cn1. The van der Waals surface area contributed by atoms with Gasteiger partial charge in [0, 0.05) is 6.04 Å². The van der Waals surface area contributed by atoms with E-state index in [9.17, 15) is 4.79 Å². The lowest BCUT2D eigenvalue weighted by atomic mass is 10.3. The van der Waals surface area contributed by atoms with Gasteiger partial charge in [-0.25, -0.2) is 4.98 Å². The van der Waals surface area contributed by atoms with E-state index >= 15 is 0 Å². The van der Waals surface area contributed by atoms with Gasteiger partial charge in [0.15, 0.2) is 18.1 Å². The Labute approximate surface area is 135 Å².